The van der Waals surface area contributed by atoms with Gasteiger partial charge in [-0.15, -0.1) is 0 Å². The lowest BCUT2D eigenvalue weighted by Gasteiger charge is -2.43. The first-order chi connectivity index (χ1) is 11.5. The van der Waals surface area contributed by atoms with Crippen LogP contribution in [-0.2, 0) is 14.3 Å². The van der Waals surface area contributed by atoms with Crippen LogP contribution < -0.4 is 0 Å². The van der Waals surface area contributed by atoms with E-state index >= 15 is 0 Å². The number of halogens is 2. The number of amides is 1. The Bertz CT molecular complexity index is 557. The molecule has 0 aromatic carbocycles. The van der Waals surface area contributed by atoms with E-state index in [1.807, 2.05) is 0 Å². The van der Waals surface area contributed by atoms with Gasteiger partial charge in [0.1, 0.15) is 5.60 Å². The molecule has 2 atom stereocenters. The number of hydrogen-bond acceptors (Lipinski definition) is 5. The smallest absolute Gasteiger partial charge is 0.410 e. The van der Waals surface area contributed by atoms with Crippen molar-refractivity contribution in [1.82, 2.24) is 9.80 Å². The zero-order valence-corrected chi connectivity index (χ0v) is 15.1. The molecule has 1 aliphatic carbocycles. The van der Waals surface area contributed by atoms with Gasteiger partial charge in [-0.25, -0.2) is 13.6 Å². The summed E-state index contributed by atoms with van der Waals surface area (Å²) in [6.45, 7) is 5.06. The van der Waals surface area contributed by atoms with E-state index in [2.05, 4.69) is 0 Å². The molecule has 1 amide bonds. The summed E-state index contributed by atoms with van der Waals surface area (Å²) in [6.07, 6.45) is 0.901. The molecule has 0 radical (unpaired) electrons. The number of carbonyl (C=O) groups is 2. The van der Waals surface area contributed by atoms with E-state index in [0.717, 1.165) is 0 Å². The molecule has 2 aliphatic heterocycles. The SMILES string of the molecule is COC(=O)C1CC(N2CC[C@H]3[C@@H]2C(F)(F)CN3C(=O)OC(C)(C)C)C1. The summed E-state index contributed by atoms with van der Waals surface area (Å²) in [5, 5.41) is 0. The number of hydrogen-bond donors (Lipinski definition) is 0. The second kappa shape index (κ2) is 6.07. The summed E-state index contributed by atoms with van der Waals surface area (Å²) in [6, 6.07) is -1.59. The predicted molar refractivity (Wildman–Crippen MR) is 85.3 cm³/mol. The third-order valence-electron chi connectivity index (χ3n) is 5.36. The molecule has 25 heavy (non-hydrogen) atoms. The van der Waals surface area contributed by atoms with Crippen LogP contribution in [0.3, 0.4) is 0 Å². The highest BCUT2D eigenvalue weighted by Gasteiger charge is 2.63. The van der Waals surface area contributed by atoms with Gasteiger partial charge in [0, 0.05) is 12.6 Å². The Balaban J connectivity index is 1.68. The van der Waals surface area contributed by atoms with Crippen molar-refractivity contribution in [3.8, 4) is 0 Å². The van der Waals surface area contributed by atoms with Crippen LogP contribution in [0, 0.1) is 5.92 Å². The molecule has 0 bridgehead atoms. The lowest BCUT2D eigenvalue weighted by Crippen LogP contribution is -2.55. The van der Waals surface area contributed by atoms with Gasteiger partial charge >= 0.3 is 12.1 Å². The van der Waals surface area contributed by atoms with Crippen molar-refractivity contribution >= 4 is 12.1 Å². The molecule has 2 heterocycles. The first-order valence-electron chi connectivity index (χ1n) is 8.74. The summed E-state index contributed by atoms with van der Waals surface area (Å²) in [7, 11) is 1.34. The minimum Gasteiger partial charge on any atom is -0.469 e. The van der Waals surface area contributed by atoms with Crippen LogP contribution in [0.25, 0.3) is 0 Å². The first-order valence-corrected chi connectivity index (χ1v) is 8.74. The lowest BCUT2D eigenvalue weighted by molar-refractivity contribution is -0.152. The van der Waals surface area contributed by atoms with Gasteiger partial charge in [0.15, 0.2) is 0 Å². The number of alkyl halides is 2. The number of rotatable bonds is 2. The molecule has 6 nitrogen and oxygen atoms in total. The van der Waals surface area contributed by atoms with Crippen molar-refractivity contribution in [2.75, 3.05) is 20.2 Å². The molecule has 0 unspecified atom stereocenters. The molecule has 3 rings (SSSR count). The van der Waals surface area contributed by atoms with Gasteiger partial charge in [0.2, 0.25) is 0 Å². The fraction of sp³-hybridized carbons (Fsp3) is 0.882. The molecule has 2 saturated heterocycles. The van der Waals surface area contributed by atoms with Crippen molar-refractivity contribution in [2.45, 2.75) is 69.7 Å². The van der Waals surface area contributed by atoms with E-state index in [0.29, 0.717) is 25.8 Å². The first kappa shape index (κ1) is 18.4. The van der Waals surface area contributed by atoms with Crippen LogP contribution >= 0.6 is 0 Å². The average molecular weight is 360 g/mol. The van der Waals surface area contributed by atoms with Crippen molar-refractivity contribution in [3.63, 3.8) is 0 Å². The maximum absolute atomic E-state index is 14.7. The van der Waals surface area contributed by atoms with Crippen LogP contribution in [0.1, 0.15) is 40.0 Å². The third-order valence-corrected chi connectivity index (χ3v) is 5.36. The van der Waals surface area contributed by atoms with Crippen LogP contribution in [0.5, 0.6) is 0 Å². The highest BCUT2D eigenvalue weighted by atomic mass is 19.3. The van der Waals surface area contributed by atoms with Gasteiger partial charge in [0.05, 0.1) is 31.7 Å². The molecule has 8 heteroatoms. The maximum atomic E-state index is 14.7. The minimum absolute atomic E-state index is 0.0523. The Morgan fingerprint density at radius 1 is 1.20 bits per heavy atom. The summed E-state index contributed by atoms with van der Waals surface area (Å²) < 4.78 is 39.3. The quantitative estimate of drug-likeness (QED) is 0.707. The van der Waals surface area contributed by atoms with E-state index in [4.69, 9.17) is 9.47 Å². The number of esters is 1. The number of likely N-dealkylation sites (tertiary alicyclic amines) is 2. The predicted octanol–water partition coefficient (Wildman–Crippen LogP) is 2.27. The molecule has 0 aromatic heterocycles. The second-order valence-electron chi connectivity index (χ2n) is 8.25. The van der Waals surface area contributed by atoms with Crippen LogP contribution in [0.2, 0.25) is 0 Å². The van der Waals surface area contributed by atoms with Crippen LogP contribution in [-0.4, -0.2) is 71.7 Å². The minimum atomic E-state index is -2.98. The van der Waals surface area contributed by atoms with Gasteiger partial charge < -0.3 is 9.47 Å². The van der Waals surface area contributed by atoms with Gasteiger partial charge in [-0.3, -0.25) is 14.6 Å². The van der Waals surface area contributed by atoms with E-state index in [1.165, 1.54) is 12.0 Å². The lowest BCUT2D eigenvalue weighted by atomic mass is 9.79. The molecule has 3 aliphatic rings. The topological polar surface area (TPSA) is 59.1 Å². The highest BCUT2D eigenvalue weighted by molar-refractivity contribution is 5.73. The molecule has 1 saturated carbocycles. The van der Waals surface area contributed by atoms with E-state index in [-0.39, 0.29) is 17.9 Å². The van der Waals surface area contributed by atoms with Gasteiger partial charge in [-0.05, 0) is 40.0 Å². The van der Waals surface area contributed by atoms with Gasteiger partial charge in [-0.1, -0.05) is 0 Å². The molecule has 0 spiro atoms. The molecule has 0 N–H and O–H groups in total. The zero-order valence-electron chi connectivity index (χ0n) is 15.1. The maximum Gasteiger partial charge on any atom is 0.410 e. The zero-order chi connectivity index (χ0) is 18.6. The Hall–Kier alpha value is -1.44. The van der Waals surface area contributed by atoms with Crippen molar-refractivity contribution in [1.29, 1.82) is 0 Å². The van der Waals surface area contributed by atoms with Gasteiger partial charge in [-0.2, -0.15) is 0 Å². The highest BCUT2D eigenvalue weighted by Crippen LogP contribution is 2.46. The van der Waals surface area contributed by atoms with E-state index < -0.39 is 36.2 Å². The van der Waals surface area contributed by atoms with Gasteiger partial charge in [0.25, 0.3) is 5.92 Å². The summed E-state index contributed by atoms with van der Waals surface area (Å²) in [5.74, 6) is -3.46. The summed E-state index contributed by atoms with van der Waals surface area (Å²) in [5.41, 5.74) is -0.718. The second-order valence-corrected chi connectivity index (χ2v) is 8.25. The van der Waals surface area contributed by atoms with Crippen LogP contribution in [0.15, 0.2) is 0 Å². The van der Waals surface area contributed by atoms with Crippen molar-refractivity contribution in [3.05, 3.63) is 0 Å². The number of nitrogens with zero attached hydrogens (tertiary/aromatic N) is 2. The Labute approximate surface area is 146 Å². The number of ether oxygens (including phenoxy) is 2. The van der Waals surface area contributed by atoms with Crippen LogP contribution in [0.4, 0.5) is 13.6 Å². The monoisotopic (exact) mass is 360 g/mol. The Morgan fingerprint density at radius 2 is 1.84 bits per heavy atom. The molecular formula is C17H26F2N2O4. The summed E-state index contributed by atoms with van der Waals surface area (Å²) >= 11 is 0. The fourth-order valence-electron chi connectivity index (χ4n) is 4.24. The Kier molecular flexibility index (Phi) is 4.46. The summed E-state index contributed by atoms with van der Waals surface area (Å²) in [4.78, 5) is 26.8. The fourth-order valence-corrected chi connectivity index (χ4v) is 4.24. The van der Waals surface area contributed by atoms with Crippen molar-refractivity contribution < 1.29 is 27.8 Å². The Morgan fingerprint density at radius 3 is 2.40 bits per heavy atom. The standard InChI is InChI=1S/C17H26F2N2O4/c1-16(2,3)25-15(23)21-9-17(18,19)13-12(21)5-6-20(13)11-7-10(8-11)14(22)24-4/h10-13H,5-9H2,1-4H3/t10?,11?,12-,13+/m0/s1. The average Bonchev–Trinajstić information content (AvgIpc) is 2.96. The number of fused-ring (bicyclic) bond motifs is 1. The molecular weight excluding hydrogens is 334 g/mol. The largest absolute Gasteiger partial charge is 0.469 e. The number of carbonyl (C=O) groups excluding carboxylic acids is 2. The van der Waals surface area contributed by atoms with E-state index in [9.17, 15) is 18.4 Å². The third kappa shape index (κ3) is 3.32. The molecule has 142 valence electrons. The molecule has 3 fully saturated rings. The van der Waals surface area contributed by atoms with E-state index in [1.54, 1.807) is 25.7 Å². The van der Waals surface area contributed by atoms with Crippen molar-refractivity contribution in [2.24, 2.45) is 5.92 Å². The normalized spacial score (nSPS) is 34.4. The number of methoxy groups -OCH3 is 1. The molecule has 0 aromatic rings.